The minimum absolute atomic E-state index is 0.348. The Kier molecular flexibility index (Phi) is 5.71. The number of benzene rings is 1. The summed E-state index contributed by atoms with van der Waals surface area (Å²) in [6, 6.07) is 7.14. The molecule has 0 spiro atoms. The van der Waals surface area contributed by atoms with Crippen molar-refractivity contribution in [2.24, 2.45) is 0 Å². The summed E-state index contributed by atoms with van der Waals surface area (Å²) < 4.78 is 18.1. The molecule has 2 saturated heterocycles. The number of rotatable bonds is 5. The second-order valence-electron chi connectivity index (χ2n) is 8.69. The van der Waals surface area contributed by atoms with E-state index in [4.69, 9.17) is 14.0 Å². The van der Waals surface area contributed by atoms with Gasteiger partial charge in [0.15, 0.2) is 0 Å². The number of hydrogen-bond acceptors (Lipinski definition) is 4. The lowest BCUT2D eigenvalue weighted by molar-refractivity contribution is 0.00578. The molecule has 0 amide bonds. The SMILES string of the molecule is CCC1CCCCN1Cc1ccc(OC)c(B2OC(C)(C)C(C)(C)O2)c1. The average Bonchev–Trinajstić information content (AvgIpc) is 2.83. The molecule has 0 saturated carbocycles. The second-order valence-corrected chi connectivity index (χ2v) is 8.69. The molecule has 4 nitrogen and oxygen atoms in total. The Bertz CT molecular complexity index is 616. The topological polar surface area (TPSA) is 30.9 Å². The van der Waals surface area contributed by atoms with Crippen molar-refractivity contribution in [1.82, 2.24) is 4.90 Å². The van der Waals surface area contributed by atoms with E-state index in [2.05, 4.69) is 57.7 Å². The number of ether oxygens (including phenoxy) is 1. The number of likely N-dealkylation sites (tertiary alicyclic amines) is 1. The van der Waals surface area contributed by atoms with Gasteiger partial charge in [-0.15, -0.1) is 0 Å². The molecule has 0 aromatic heterocycles. The first kappa shape index (κ1) is 19.7. The lowest BCUT2D eigenvalue weighted by Crippen LogP contribution is -2.41. The molecule has 2 fully saturated rings. The molecule has 1 aromatic carbocycles. The summed E-state index contributed by atoms with van der Waals surface area (Å²) in [5.74, 6) is 0.831. The fourth-order valence-corrected chi connectivity index (χ4v) is 4.00. The molecular formula is C21H34BNO3. The van der Waals surface area contributed by atoms with Crippen molar-refractivity contribution in [2.45, 2.75) is 84.1 Å². The second kappa shape index (κ2) is 7.53. The summed E-state index contributed by atoms with van der Waals surface area (Å²) >= 11 is 0. The van der Waals surface area contributed by atoms with Crippen LogP contribution in [0.4, 0.5) is 0 Å². The van der Waals surface area contributed by atoms with Crippen molar-refractivity contribution in [3.63, 3.8) is 0 Å². The summed E-state index contributed by atoms with van der Waals surface area (Å²) in [5, 5.41) is 0. The lowest BCUT2D eigenvalue weighted by Gasteiger charge is -2.35. The number of nitrogens with zero attached hydrogens (tertiary/aromatic N) is 1. The van der Waals surface area contributed by atoms with Gasteiger partial charge in [0.25, 0.3) is 0 Å². The standard InChI is InChI=1S/C21H34BNO3/c1-7-17-10-8-9-13-23(17)15-16-11-12-19(24-6)18(14-16)22-25-20(2,3)21(4,5)26-22/h11-12,14,17H,7-10,13,15H2,1-6H3. The molecule has 1 unspecified atom stereocenters. The summed E-state index contributed by atoms with van der Waals surface area (Å²) in [4.78, 5) is 2.62. The minimum Gasteiger partial charge on any atom is -0.497 e. The molecule has 144 valence electrons. The Morgan fingerprint density at radius 3 is 2.46 bits per heavy atom. The van der Waals surface area contributed by atoms with Gasteiger partial charge in [0.2, 0.25) is 0 Å². The van der Waals surface area contributed by atoms with Crippen LogP contribution in [0.2, 0.25) is 0 Å². The minimum atomic E-state index is -0.391. The van der Waals surface area contributed by atoms with Crippen LogP contribution in [0, 0.1) is 0 Å². The Morgan fingerprint density at radius 1 is 1.15 bits per heavy atom. The highest BCUT2D eigenvalue weighted by Crippen LogP contribution is 2.37. The third-order valence-corrected chi connectivity index (χ3v) is 6.41. The molecule has 2 aliphatic heterocycles. The van der Waals surface area contributed by atoms with Crippen LogP contribution in [0.15, 0.2) is 18.2 Å². The van der Waals surface area contributed by atoms with Crippen LogP contribution < -0.4 is 10.2 Å². The summed E-state index contributed by atoms with van der Waals surface area (Å²) in [6.45, 7) is 12.8. The first-order valence-corrected chi connectivity index (χ1v) is 10.0. The van der Waals surface area contributed by atoms with Gasteiger partial charge in [0, 0.05) is 18.0 Å². The maximum Gasteiger partial charge on any atom is 0.498 e. The van der Waals surface area contributed by atoms with Gasteiger partial charge in [-0.25, -0.2) is 0 Å². The van der Waals surface area contributed by atoms with E-state index in [1.807, 2.05) is 0 Å². The molecule has 0 N–H and O–H groups in total. The number of piperidine rings is 1. The first-order chi connectivity index (χ1) is 12.3. The molecule has 1 atom stereocenters. The molecule has 3 rings (SSSR count). The van der Waals surface area contributed by atoms with Gasteiger partial charge in [0.1, 0.15) is 5.75 Å². The third kappa shape index (κ3) is 3.80. The van der Waals surface area contributed by atoms with Crippen molar-refractivity contribution in [3.05, 3.63) is 23.8 Å². The quantitative estimate of drug-likeness (QED) is 0.749. The highest BCUT2D eigenvalue weighted by atomic mass is 16.7. The molecule has 2 aliphatic rings. The van der Waals surface area contributed by atoms with Gasteiger partial charge >= 0.3 is 7.12 Å². The fraction of sp³-hybridized carbons (Fsp3) is 0.714. The van der Waals surface area contributed by atoms with E-state index in [0.717, 1.165) is 17.8 Å². The zero-order valence-electron chi connectivity index (χ0n) is 17.3. The van der Waals surface area contributed by atoms with Crippen LogP contribution >= 0.6 is 0 Å². The van der Waals surface area contributed by atoms with E-state index >= 15 is 0 Å². The average molecular weight is 359 g/mol. The summed E-state index contributed by atoms with van der Waals surface area (Å²) in [7, 11) is 1.32. The van der Waals surface area contributed by atoms with Crippen LogP contribution in [0.5, 0.6) is 5.75 Å². The normalized spacial score (nSPS) is 25.5. The van der Waals surface area contributed by atoms with Crippen molar-refractivity contribution >= 4 is 12.6 Å². The number of methoxy groups -OCH3 is 1. The van der Waals surface area contributed by atoms with Crippen molar-refractivity contribution < 1.29 is 14.0 Å². The molecule has 1 aromatic rings. The molecule has 5 heteroatoms. The smallest absolute Gasteiger partial charge is 0.497 e. The zero-order chi connectivity index (χ0) is 18.9. The Morgan fingerprint density at radius 2 is 1.85 bits per heavy atom. The zero-order valence-corrected chi connectivity index (χ0v) is 17.3. The van der Waals surface area contributed by atoms with Gasteiger partial charge in [-0.2, -0.15) is 0 Å². The van der Waals surface area contributed by atoms with Crippen LogP contribution in [0.1, 0.15) is 65.9 Å². The molecule has 26 heavy (non-hydrogen) atoms. The Balaban J connectivity index is 1.83. The van der Waals surface area contributed by atoms with Gasteiger partial charge < -0.3 is 14.0 Å². The molecule has 2 heterocycles. The predicted octanol–water partition coefficient (Wildman–Crippen LogP) is 3.76. The summed E-state index contributed by atoms with van der Waals surface area (Å²) in [6.07, 6.45) is 5.20. The third-order valence-electron chi connectivity index (χ3n) is 6.41. The predicted molar refractivity (Wildman–Crippen MR) is 107 cm³/mol. The van der Waals surface area contributed by atoms with Crippen molar-refractivity contribution in [2.75, 3.05) is 13.7 Å². The molecule has 0 aliphatic carbocycles. The molecule has 0 bridgehead atoms. The van der Waals surface area contributed by atoms with Crippen LogP contribution in [0.3, 0.4) is 0 Å². The van der Waals surface area contributed by atoms with E-state index in [0.29, 0.717) is 6.04 Å². The maximum atomic E-state index is 6.26. The fourth-order valence-electron chi connectivity index (χ4n) is 4.00. The Labute approximate surface area is 159 Å². The van der Waals surface area contributed by atoms with Gasteiger partial charge in [-0.05, 0) is 65.1 Å². The Hall–Kier alpha value is -1.04. The molecule has 0 radical (unpaired) electrons. The summed E-state index contributed by atoms with van der Waals surface area (Å²) in [5.41, 5.74) is 1.60. The first-order valence-electron chi connectivity index (χ1n) is 10.0. The maximum absolute atomic E-state index is 6.26. The van der Waals surface area contributed by atoms with Gasteiger partial charge in [-0.1, -0.05) is 25.5 Å². The largest absolute Gasteiger partial charge is 0.498 e. The highest BCUT2D eigenvalue weighted by Gasteiger charge is 2.52. The highest BCUT2D eigenvalue weighted by molar-refractivity contribution is 6.63. The lowest BCUT2D eigenvalue weighted by atomic mass is 9.77. The van der Waals surface area contributed by atoms with Crippen molar-refractivity contribution in [1.29, 1.82) is 0 Å². The van der Waals surface area contributed by atoms with Crippen molar-refractivity contribution in [3.8, 4) is 5.75 Å². The van der Waals surface area contributed by atoms with Gasteiger partial charge in [-0.3, -0.25) is 4.90 Å². The monoisotopic (exact) mass is 359 g/mol. The molecular weight excluding hydrogens is 325 g/mol. The van der Waals surface area contributed by atoms with Crippen LogP contribution in [0.25, 0.3) is 0 Å². The van der Waals surface area contributed by atoms with E-state index in [9.17, 15) is 0 Å². The van der Waals surface area contributed by atoms with E-state index in [1.165, 1.54) is 37.8 Å². The van der Waals surface area contributed by atoms with Crippen LogP contribution in [-0.4, -0.2) is 42.9 Å². The number of hydrogen-bond donors (Lipinski definition) is 0. The van der Waals surface area contributed by atoms with E-state index < -0.39 is 7.12 Å². The van der Waals surface area contributed by atoms with E-state index in [-0.39, 0.29) is 11.2 Å². The van der Waals surface area contributed by atoms with E-state index in [1.54, 1.807) is 7.11 Å². The van der Waals surface area contributed by atoms with Gasteiger partial charge in [0.05, 0.1) is 18.3 Å². The van der Waals surface area contributed by atoms with Crippen LogP contribution in [-0.2, 0) is 15.9 Å².